The molecule has 0 saturated carbocycles. The lowest BCUT2D eigenvalue weighted by Crippen LogP contribution is -2.25. The molecule has 19 heavy (non-hydrogen) atoms. The van der Waals surface area contributed by atoms with Crippen LogP contribution >= 0.6 is 11.8 Å². The summed E-state index contributed by atoms with van der Waals surface area (Å²) in [4.78, 5) is 20.4. The van der Waals surface area contributed by atoms with Gasteiger partial charge in [0, 0.05) is 11.9 Å². The summed E-state index contributed by atoms with van der Waals surface area (Å²) in [5.41, 5.74) is 0.923. The fourth-order valence-corrected chi connectivity index (χ4v) is 2.61. The number of hydrogen-bond acceptors (Lipinski definition) is 4. The van der Waals surface area contributed by atoms with Gasteiger partial charge in [0.25, 0.3) is 0 Å². The molecule has 0 aliphatic heterocycles. The summed E-state index contributed by atoms with van der Waals surface area (Å²) in [7, 11) is 0. The number of amides is 1. The predicted octanol–water partition coefficient (Wildman–Crippen LogP) is 2.56. The van der Waals surface area contributed by atoms with Crippen molar-refractivity contribution >= 4 is 28.6 Å². The van der Waals surface area contributed by atoms with Gasteiger partial charge in [-0.3, -0.25) is 4.79 Å². The number of benzene rings is 1. The zero-order valence-corrected chi connectivity index (χ0v) is 12.0. The van der Waals surface area contributed by atoms with Crippen LogP contribution in [0.1, 0.15) is 19.2 Å². The molecule has 2 aromatic rings. The van der Waals surface area contributed by atoms with E-state index >= 15 is 0 Å². The highest BCUT2D eigenvalue weighted by Gasteiger charge is 2.08. The van der Waals surface area contributed by atoms with E-state index in [1.54, 1.807) is 0 Å². The second-order valence-electron chi connectivity index (χ2n) is 4.23. The van der Waals surface area contributed by atoms with Crippen molar-refractivity contribution in [3.05, 3.63) is 30.1 Å². The molecule has 4 nitrogen and oxygen atoms in total. The number of thioether (sulfide) groups is 1. The molecule has 2 rings (SSSR count). The van der Waals surface area contributed by atoms with Crippen LogP contribution in [0, 0.1) is 6.92 Å². The van der Waals surface area contributed by atoms with E-state index in [9.17, 15) is 4.79 Å². The average Bonchev–Trinajstić information content (AvgIpc) is 2.42. The Hall–Kier alpha value is -1.62. The molecule has 0 spiro atoms. The monoisotopic (exact) mass is 275 g/mol. The highest BCUT2D eigenvalue weighted by molar-refractivity contribution is 8.00. The number of nitrogens with one attached hydrogen (secondary N) is 1. The number of fused-ring (bicyclic) bond motifs is 1. The summed E-state index contributed by atoms with van der Waals surface area (Å²) in [6.07, 6.45) is 0.950. The largest absolute Gasteiger partial charge is 0.355 e. The molecule has 1 amide bonds. The third kappa shape index (κ3) is 3.67. The normalized spacial score (nSPS) is 10.6. The molecular weight excluding hydrogens is 258 g/mol. The van der Waals surface area contributed by atoms with E-state index in [-0.39, 0.29) is 5.91 Å². The number of carbonyl (C=O) groups is 1. The minimum absolute atomic E-state index is 0.0483. The first-order valence-electron chi connectivity index (χ1n) is 6.33. The molecule has 1 aromatic carbocycles. The molecule has 5 heteroatoms. The van der Waals surface area contributed by atoms with Crippen LogP contribution in [-0.4, -0.2) is 28.2 Å². The maximum absolute atomic E-state index is 11.6. The number of rotatable bonds is 5. The second kappa shape index (κ2) is 6.52. The molecule has 0 radical (unpaired) electrons. The Morgan fingerprint density at radius 2 is 2.11 bits per heavy atom. The Bertz CT molecular complexity index is 586. The molecule has 1 heterocycles. The van der Waals surface area contributed by atoms with E-state index in [2.05, 4.69) is 15.3 Å². The van der Waals surface area contributed by atoms with Gasteiger partial charge in [-0.1, -0.05) is 36.9 Å². The van der Waals surface area contributed by atoms with E-state index in [0.29, 0.717) is 5.75 Å². The van der Waals surface area contributed by atoms with Gasteiger partial charge in [0.15, 0.2) is 0 Å². The van der Waals surface area contributed by atoms with Gasteiger partial charge >= 0.3 is 0 Å². The minimum atomic E-state index is 0.0483. The maximum atomic E-state index is 11.6. The molecule has 0 saturated heterocycles. The number of aromatic nitrogens is 2. The molecule has 0 atom stereocenters. The van der Waals surface area contributed by atoms with E-state index < -0.39 is 0 Å². The molecule has 0 fully saturated rings. The van der Waals surface area contributed by atoms with Crippen molar-refractivity contribution in [3.8, 4) is 0 Å². The van der Waals surface area contributed by atoms with Crippen LogP contribution in [0.15, 0.2) is 29.3 Å². The van der Waals surface area contributed by atoms with Crippen molar-refractivity contribution in [2.75, 3.05) is 12.3 Å². The molecular formula is C14H17N3OS. The molecule has 100 valence electrons. The number of carbonyl (C=O) groups excluding carboxylic acids is 1. The van der Waals surface area contributed by atoms with Crippen molar-refractivity contribution in [2.45, 2.75) is 25.3 Å². The second-order valence-corrected chi connectivity index (χ2v) is 5.20. The number of hydrogen-bond donors (Lipinski definition) is 1. The van der Waals surface area contributed by atoms with Crippen LogP contribution in [0.25, 0.3) is 10.9 Å². The molecule has 0 bridgehead atoms. The molecule has 1 aromatic heterocycles. The van der Waals surface area contributed by atoms with Gasteiger partial charge in [-0.05, 0) is 19.4 Å². The van der Waals surface area contributed by atoms with Gasteiger partial charge < -0.3 is 5.32 Å². The number of aryl methyl sites for hydroxylation is 1. The number of nitrogens with zero attached hydrogens (tertiary/aromatic N) is 2. The zero-order valence-electron chi connectivity index (χ0n) is 11.1. The molecule has 0 aliphatic carbocycles. The zero-order chi connectivity index (χ0) is 13.7. The average molecular weight is 275 g/mol. The van der Waals surface area contributed by atoms with E-state index in [4.69, 9.17) is 0 Å². The topological polar surface area (TPSA) is 54.9 Å². The Kier molecular flexibility index (Phi) is 4.74. The van der Waals surface area contributed by atoms with Gasteiger partial charge in [0.05, 0.1) is 11.3 Å². The summed E-state index contributed by atoms with van der Waals surface area (Å²) in [5.74, 6) is 1.17. The van der Waals surface area contributed by atoms with Crippen molar-refractivity contribution in [2.24, 2.45) is 0 Å². The van der Waals surface area contributed by atoms with Gasteiger partial charge in [-0.15, -0.1) is 0 Å². The lowest BCUT2D eigenvalue weighted by molar-refractivity contribution is -0.118. The van der Waals surface area contributed by atoms with Crippen LogP contribution in [0.5, 0.6) is 0 Å². The van der Waals surface area contributed by atoms with Crippen LogP contribution in [0.4, 0.5) is 0 Å². The first-order valence-corrected chi connectivity index (χ1v) is 7.32. The smallest absolute Gasteiger partial charge is 0.230 e. The van der Waals surface area contributed by atoms with Crippen LogP contribution < -0.4 is 5.32 Å². The predicted molar refractivity (Wildman–Crippen MR) is 78.3 cm³/mol. The van der Waals surface area contributed by atoms with Gasteiger partial charge in [0.2, 0.25) is 5.91 Å². The first-order chi connectivity index (χ1) is 9.20. The van der Waals surface area contributed by atoms with Crippen LogP contribution in [0.3, 0.4) is 0 Å². The van der Waals surface area contributed by atoms with E-state index in [0.717, 1.165) is 34.7 Å². The lowest BCUT2D eigenvalue weighted by Gasteiger charge is -2.06. The highest BCUT2D eigenvalue weighted by atomic mass is 32.2. The number of para-hydroxylation sites is 1. The van der Waals surface area contributed by atoms with Crippen molar-refractivity contribution in [1.29, 1.82) is 0 Å². The van der Waals surface area contributed by atoms with Gasteiger partial charge in [-0.25, -0.2) is 9.97 Å². The summed E-state index contributed by atoms with van der Waals surface area (Å²) >= 11 is 1.46. The maximum Gasteiger partial charge on any atom is 0.230 e. The van der Waals surface area contributed by atoms with Crippen LogP contribution in [0.2, 0.25) is 0 Å². The highest BCUT2D eigenvalue weighted by Crippen LogP contribution is 2.24. The third-order valence-electron chi connectivity index (χ3n) is 2.59. The van der Waals surface area contributed by atoms with E-state index in [1.807, 2.05) is 38.1 Å². The fraction of sp³-hybridized carbons (Fsp3) is 0.357. The van der Waals surface area contributed by atoms with Gasteiger partial charge in [0.1, 0.15) is 10.9 Å². The Morgan fingerprint density at radius 1 is 1.32 bits per heavy atom. The summed E-state index contributed by atoms with van der Waals surface area (Å²) in [5, 5.41) is 4.73. The summed E-state index contributed by atoms with van der Waals surface area (Å²) in [6, 6.07) is 7.87. The van der Waals surface area contributed by atoms with Gasteiger partial charge in [-0.2, -0.15) is 0 Å². The first kappa shape index (κ1) is 13.8. The molecule has 0 unspecified atom stereocenters. The Balaban J connectivity index is 2.14. The minimum Gasteiger partial charge on any atom is -0.355 e. The fourth-order valence-electron chi connectivity index (χ4n) is 1.72. The van der Waals surface area contributed by atoms with Crippen molar-refractivity contribution in [3.63, 3.8) is 0 Å². The standard InChI is InChI=1S/C14H17N3OS/c1-3-8-15-13(18)9-19-14-11-6-4-5-7-12(11)16-10(2)17-14/h4-7H,3,8-9H2,1-2H3,(H,15,18). The molecule has 0 aliphatic rings. The summed E-state index contributed by atoms with van der Waals surface area (Å²) < 4.78 is 0. The quantitative estimate of drug-likeness (QED) is 0.673. The SMILES string of the molecule is CCCNC(=O)CSc1nc(C)nc2ccccc12. The van der Waals surface area contributed by atoms with Crippen molar-refractivity contribution in [1.82, 2.24) is 15.3 Å². The summed E-state index contributed by atoms with van der Waals surface area (Å²) in [6.45, 7) is 4.63. The third-order valence-corrected chi connectivity index (χ3v) is 3.58. The van der Waals surface area contributed by atoms with Crippen LogP contribution in [-0.2, 0) is 4.79 Å². The van der Waals surface area contributed by atoms with E-state index in [1.165, 1.54) is 11.8 Å². The Morgan fingerprint density at radius 3 is 2.89 bits per heavy atom. The Labute approximate surface area is 117 Å². The van der Waals surface area contributed by atoms with Crippen molar-refractivity contribution < 1.29 is 4.79 Å². The molecule has 1 N–H and O–H groups in total. The lowest BCUT2D eigenvalue weighted by atomic mass is 10.2.